The van der Waals surface area contributed by atoms with Crippen LogP contribution in [0.1, 0.15) is 12.8 Å². The van der Waals surface area contributed by atoms with Gasteiger partial charge in [-0.15, -0.1) is 0 Å². The molecule has 2 nitrogen and oxygen atoms in total. The monoisotopic (exact) mass is 113 g/mol. The molecule has 1 aliphatic carbocycles. The van der Waals surface area contributed by atoms with Crippen LogP contribution in [0.4, 0.5) is 0 Å². The fourth-order valence-corrected chi connectivity index (χ4v) is 0.937. The molecule has 0 bridgehead atoms. The second-order valence-electron chi connectivity index (χ2n) is 2.48. The summed E-state index contributed by atoms with van der Waals surface area (Å²) in [4.78, 5) is 12.6. The molecule has 0 radical (unpaired) electrons. The predicted molar refractivity (Wildman–Crippen MR) is 31.7 cm³/mol. The molecule has 0 spiro atoms. The summed E-state index contributed by atoms with van der Waals surface area (Å²) in [6.45, 7) is 0. The molecule has 0 heterocycles. The second-order valence-corrected chi connectivity index (χ2v) is 2.48. The molecule has 0 aromatic heterocycles. The van der Waals surface area contributed by atoms with Crippen molar-refractivity contribution in [3.63, 3.8) is 0 Å². The topological polar surface area (TPSA) is 20.3 Å². The molecule has 0 aromatic carbocycles. The van der Waals surface area contributed by atoms with Crippen LogP contribution < -0.4 is 0 Å². The summed E-state index contributed by atoms with van der Waals surface area (Å²) in [5.41, 5.74) is 0. The standard InChI is InChI=1S/C6H11NO/c1-7(2)5-3-4-6(5)8/h5H,3-4H2,1-2H3. The molecule has 0 aliphatic heterocycles. The molecule has 0 saturated heterocycles. The summed E-state index contributed by atoms with van der Waals surface area (Å²) >= 11 is 0. The highest BCUT2D eigenvalue weighted by molar-refractivity contribution is 5.89. The minimum atomic E-state index is 0.245. The van der Waals surface area contributed by atoms with E-state index in [9.17, 15) is 4.79 Å². The van der Waals surface area contributed by atoms with E-state index in [4.69, 9.17) is 0 Å². The number of ketones is 1. The zero-order valence-electron chi connectivity index (χ0n) is 5.35. The Kier molecular flexibility index (Phi) is 1.34. The number of hydrogen-bond acceptors (Lipinski definition) is 2. The van der Waals surface area contributed by atoms with Gasteiger partial charge in [-0.25, -0.2) is 0 Å². The highest BCUT2D eigenvalue weighted by atomic mass is 16.1. The molecule has 46 valence electrons. The normalized spacial score (nSPS) is 28.4. The quantitative estimate of drug-likeness (QED) is 0.487. The SMILES string of the molecule is CN(C)C1CCC1=O. The zero-order valence-corrected chi connectivity index (χ0v) is 5.35. The number of likely N-dealkylation sites (N-methyl/N-ethyl adjacent to an activating group) is 1. The number of rotatable bonds is 1. The van der Waals surface area contributed by atoms with Gasteiger partial charge in [-0.2, -0.15) is 0 Å². The summed E-state index contributed by atoms with van der Waals surface area (Å²) in [5, 5.41) is 0. The number of Topliss-reactive ketones (excluding diaryl/α,β-unsaturated/α-hetero) is 1. The average molecular weight is 113 g/mol. The van der Waals surface area contributed by atoms with Crippen LogP contribution in [0.2, 0.25) is 0 Å². The molecular formula is C6H11NO. The van der Waals surface area contributed by atoms with Crippen molar-refractivity contribution < 1.29 is 4.79 Å². The fourth-order valence-electron chi connectivity index (χ4n) is 0.937. The maximum atomic E-state index is 10.6. The number of carbonyl (C=O) groups excluding carboxylic acids is 1. The van der Waals surface area contributed by atoms with Crippen molar-refractivity contribution in [1.29, 1.82) is 0 Å². The van der Waals surface area contributed by atoms with Crippen LogP contribution in [-0.4, -0.2) is 30.8 Å². The Morgan fingerprint density at radius 3 is 2.25 bits per heavy atom. The molecule has 1 aliphatic rings. The van der Waals surface area contributed by atoms with Crippen LogP contribution in [-0.2, 0) is 4.79 Å². The molecule has 1 unspecified atom stereocenters. The summed E-state index contributed by atoms with van der Waals surface area (Å²) in [6.07, 6.45) is 1.86. The van der Waals surface area contributed by atoms with E-state index in [1.54, 1.807) is 0 Å². The first-order chi connectivity index (χ1) is 3.72. The van der Waals surface area contributed by atoms with Crippen molar-refractivity contribution in [2.45, 2.75) is 18.9 Å². The van der Waals surface area contributed by atoms with Crippen molar-refractivity contribution >= 4 is 5.78 Å². The van der Waals surface area contributed by atoms with Gasteiger partial charge in [-0.1, -0.05) is 0 Å². The van der Waals surface area contributed by atoms with Gasteiger partial charge in [0, 0.05) is 6.42 Å². The van der Waals surface area contributed by atoms with E-state index < -0.39 is 0 Å². The molecule has 1 saturated carbocycles. The van der Waals surface area contributed by atoms with Gasteiger partial charge in [-0.3, -0.25) is 9.69 Å². The lowest BCUT2D eigenvalue weighted by molar-refractivity contribution is -0.129. The van der Waals surface area contributed by atoms with E-state index in [0.29, 0.717) is 5.78 Å². The van der Waals surface area contributed by atoms with Gasteiger partial charge in [0.15, 0.2) is 0 Å². The lowest BCUT2D eigenvalue weighted by Crippen LogP contribution is -2.43. The van der Waals surface area contributed by atoms with Gasteiger partial charge >= 0.3 is 0 Å². The molecule has 2 heteroatoms. The molecule has 8 heavy (non-hydrogen) atoms. The van der Waals surface area contributed by atoms with E-state index in [1.807, 2.05) is 19.0 Å². The van der Waals surface area contributed by atoms with Crippen molar-refractivity contribution in [2.24, 2.45) is 0 Å². The summed E-state index contributed by atoms with van der Waals surface area (Å²) in [6, 6.07) is 0.245. The molecule has 0 aromatic rings. The van der Waals surface area contributed by atoms with Crippen LogP contribution in [0.15, 0.2) is 0 Å². The maximum absolute atomic E-state index is 10.6. The Morgan fingerprint density at radius 1 is 1.62 bits per heavy atom. The average Bonchev–Trinajstić information content (AvgIpc) is 1.61. The summed E-state index contributed by atoms with van der Waals surface area (Å²) in [7, 11) is 3.89. The van der Waals surface area contributed by atoms with E-state index >= 15 is 0 Å². The largest absolute Gasteiger partial charge is 0.300 e. The van der Waals surface area contributed by atoms with Gasteiger partial charge in [0.1, 0.15) is 5.78 Å². The molecule has 1 fully saturated rings. The summed E-state index contributed by atoms with van der Waals surface area (Å²) in [5.74, 6) is 0.398. The molecule has 1 rings (SSSR count). The van der Waals surface area contributed by atoms with Crippen molar-refractivity contribution in [2.75, 3.05) is 14.1 Å². The number of hydrogen-bond donors (Lipinski definition) is 0. The van der Waals surface area contributed by atoms with Gasteiger partial charge in [0.2, 0.25) is 0 Å². The molecular weight excluding hydrogens is 102 g/mol. The minimum absolute atomic E-state index is 0.245. The lowest BCUT2D eigenvalue weighted by atomic mass is 9.90. The van der Waals surface area contributed by atoms with Crippen LogP contribution >= 0.6 is 0 Å². The van der Waals surface area contributed by atoms with E-state index in [1.165, 1.54) is 0 Å². The van der Waals surface area contributed by atoms with Crippen LogP contribution in [0.25, 0.3) is 0 Å². The third-order valence-corrected chi connectivity index (χ3v) is 1.66. The van der Waals surface area contributed by atoms with E-state index in [0.717, 1.165) is 12.8 Å². The van der Waals surface area contributed by atoms with Gasteiger partial charge < -0.3 is 0 Å². The Balaban J connectivity index is 2.37. The third kappa shape index (κ3) is 0.757. The van der Waals surface area contributed by atoms with E-state index in [-0.39, 0.29) is 6.04 Å². The van der Waals surface area contributed by atoms with Crippen molar-refractivity contribution in [3.8, 4) is 0 Å². The smallest absolute Gasteiger partial charge is 0.150 e. The van der Waals surface area contributed by atoms with Crippen LogP contribution in [0.5, 0.6) is 0 Å². The van der Waals surface area contributed by atoms with Crippen molar-refractivity contribution in [3.05, 3.63) is 0 Å². The highest BCUT2D eigenvalue weighted by Crippen LogP contribution is 2.17. The molecule has 1 atom stereocenters. The van der Waals surface area contributed by atoms with Gasteiger partial charge in [0.25, 0.3) is 0 Å². The number of nitrogens with zero attached hydrogens (tertiary/aromatic N) is 1. The Morgan fingerprint density at radius 2 is 2.25 bits per heavy atom. The number of carbonyl (C=O) groups is 1. The van der Waals surface area contributed by atoms with Crippen LogP contribution in [0, 0.1) is 0 Å². The molecule has 0 amide bonds. The minimum Gasteiger partial charge on any atom is -0.300 e. The first kappa shape index (κ1) is 5.76. The highest BCUT2D eigenvalue weighted by Gasteiger charge is 2.29. The maximum Gasteiger partial charge on any atom is 0.150 e. The Labute approximate surface area is 49.5 Å². The first-order valence-corrected chi connectivity index (χ1v) is 2.91. The van der Waals surface area contributed by atoms with E-state index in [2.05, 4.69) is 0 Å². The Hall–Kier alpha value is -0.370. The first-order valence-electron chi connectivity index (χ1n) is 2.91. The second kappa shape index (κ2) is 1.86. The van der Waals surface area contributed by atoms with Gasteiger partial charge in [-0.05, 0) is 20.5 Å². The summed E-state index contributed by atoms with van der Waals surface area (Å²) < 4.78 is 0. The van der Waals surface area contributed by atoms with Gasteiger partial charge in [0.05, 0.1) is 6.04 Å². The third-order valence-electron chi connectivity index (χ3n) is 1.66. The zero-order chi connectivity index (χ0) is 6.15. The lowest BCUT2D eigenvalue weighted by Gasteiger charge is -2.29. The fraction of sp³-hybridized carbons (Fsp3) is 0.833. The van der Waals surface area contributed by atoms with Crippen LogP contribution in [0.3, 0.4) is 0 Å². The Bertz CT molecular complexity index is 109. The molecule has 0 N–H and O–H groups in total. The predicted octanol–water partition coefficient (Wildman–Crippen LogP) is 0.279. The van der Waals surface area contributed by atoms with Crippen molar-refractivity contribution in [1.82, 2.24) is 4.90 Å².